The van der Waals surface area contributed by atoms with Crippen LogP contribution in [-0.2, 0) is 9.84 Å². The number of nitrogens with one attached hydrogen (secondary N) is 2. The summed E-state index contributed by atoms with van der Waals surface area (Å²) in [5.41, 5.74) is 0. The molecule has 7 heteroatoms. The number of unbranched alkanes of at least 4 members (excludes halogenated alkanes) is 2. The lowest BCUT2D eigenvalue weighted by Gasteiger charge is -2.21. The minimum absolute atomic E-state index is 0. The first-order valence-corrected chi connectivity index (χ1v) is 8.85. The molecule has 122 valence electrons. The standard InChI is InChI=1S/C13H29N3O2S.HI/c1-6-8-9-10-15-12(14-7-2)16-11-13(3,4)19(5,17)18;/h6-11H2,1-5H3,(H2,14,15,16);1H. The lowest BCUT2D eigenvalue weighted by Crippen LogP contribution is -2.40. The Morgan fingerprint density at radius 2 is 1.75 bits per heavy atom. The molecule has 5 nitrogen and oxygen atoms in total. The maximum Gasteiger partial charge on any atom is 0.191 e. The third-order valence-corrected chi connectivity index (χ3v) is 5.18. The van der Waals surface area contributed by atoms with Gasteiger partial charge < -0.3 is 10.6 Å². The van der Waals surface area contributed by atoms with Crippen molar-refractivity contribution in [3.05, 3.63) is 0 Å². The second-order valence-corrected chi connectivity index (χ2v) is 8.01. The van der Waals surface area contributed by atoms with Crippen molar-refractivity contribution in [3.8, 4) is 0 Å². The zero-order valence-electron chi connectivity index (χ0n) is 13.3. The third kappa shape index (κ3) is 8.99. The number of guanidine groups is 1. The molecule has 0 aliphatic rings. The molecule has 0 spiro atoms. The Kier molecular flexibility index (Phi) is 11.8. The predicted octanol–water partition coefficient (Wildman–Crippen LogP) is 2.17. The van der Waals surface area contributed by atoms with Crippen LogP contribution in [0.25, 0.3) is 0 Å². The number of nitrogens with zero attached hydrogens (tertiary/aromatic N) is 1. The van der Waals surface area contributed by atoms with Crippen molar-refractivity contribution in [3.63, 3.8) is 0 Å². The van der Waals surface area contributed by atoms with E-state index in [2.05, 4.69) is 22.5 Å². The molecule has 20 heavy (non-hydrogen) atoms. The highest BCUT2D eigenvalue weighted by Gasteiger charge is 2.29. The van der Waals surface area contributed by atoms with Gasteiger partial charge in [0.15, 0.2) is 15.8 Å². The van der Waals surface area contributed by atoms with E-state index < -0.39 is 14.6 Å². The van der Waals surface area contributed by atoms with Crippen molar-refractivity contribution in [1.29, 1.82) is 0 Å². The second kappa shape index (κ2) is 10.6. The van der Waals surface area contributed by atoms with Gasteiger partial charge in [-0.05, 0) is 27.2 Å². The Morgan fingerprint density at radius 3 is 2.20 bits per heavy atom. The smallest absolute Gasteiger partial charge is 0.191 e. The number of hydrogen-bond donors (Lipinski definition) is 2. The summed E-state index contributed by atoms with van der Waals surface area (Å²) in [7, 11) is -3.10. The van der Waals surface area contributed by atoms with E-state index in [4.69, 9.17) is 0 Å². The molecule has 0 fully saturated rings. The van der Waals surface area contributed by atoms with E-state index in [1.807, 2.05) is 6.92 Å². The van der Waals surface area contributed by atoms with Crippen LogP contribution in [0, 0.1) is 0 Å². The van der Waals surface area contributed by atoms with Gasteiger partial charge in [-0.1, -0.05) is 19.8 Å². The van der Waals surface area contributed by atoms with Crippen molar-refractivity contribution < 1.29 is 8.42 Å². The molecule has 2 N–H and O–H groups in total. The van der Waals surface area contributed by atoms with Gasteiger partial charge in [0.2, 0.25) is 0 Å². The van der Waals surface area contributed by atoms with E-state index in [9.17, 15) is 8.42 Å². The number of halogens is 1. The van der Waals surface area contributed by atoms with Gasteiger partial charge in [-0.15, -0.1) is 24.0 Å². The molecule has 0 unspecified atom stereocenters. The van der Waals surface area contributed by atoms with Crippen LogP contribution in [-0.4, -0.2) is 45.0 Å². The summed E-state index contributed by atoms with van der Waals surface area (Å²) in [6, 6.07) is 0. The van der Waals surface area contributed by atoms with Crippen molar-refractivity contribution in [1.82, 2.24) is 10.6 Å². The zero-order valence-corrected chi connectivity index (χ0v) is 16.5. The molecule has 0 aliphatic carbocycles. The van der Waals surface area contributed by atoms with Gasteiger partial charge in [0.1, 0.15) is 0 Å². The molecule has 0 aromatic rings. The van der Waals surface area contributed by atoms with Crippen LogP contribution in [0.3, 0.4) is 0 Å². The molecule has 0 aromatic carbocycles. The van der Waals surface area contributed by atoms with Crippen molar-refractivity contribution in [2.75, 3.05) is 25.9 Å². The summed E-state index contributed by atoms with van der Waals surface area (Å²) in [4.78, 5) is 4.36. The summed E-state index contributed by atoms with van der Waals surface area (Å²) < 4.78 is 22.4. The van der Waals surface area contributed by atoms with Gasteiger partial charge in [-0.2, -0.15) is 0 Å². The number of sulfone groups is 1. The van der Waals surface area contributed by atoms with Crippen LogP contribution in [0.1, 0.15) is 47.0 Å². The zero-order chi connectivity index (χ0) is 14.9. The number of rotatable bonds is 8. The lowest BCUT2D eigenvalue weighted by atomic mass is 10.2. The molecule has 0 rings (SSSR count). The Labute approximate surface area is 141 Å². The van der Waals surface area contributed by atoms with Crippen LogP contribution < -0.4 is 10.6 Å². The van der Waals surface area contributed by atoms with Crippen LogP contribution in [0.2, 0.25) is 0 Å². The van der Waals surface area contributed by atoms with Gasteiger partial charge in [-0.3, -0.25) is 4.99 Å². The summed E-state index contributed by atoms with van der Waals surface area (Å²) in [6.45, 7) is 9.44. The molecule has 0 radical (unpaired) electrons. The van der Waals surface area contributed by atoms with Gasteiger partial charge in [0, 0.05) is 19.3 Å². The van der Waals surface area contributed by atoms with E-state index in [0.29, 0.717) is 5.96 Å². The average Bonchev–Trinajstić information content (AvgIpc) is 2.30. The van der Waals surface area contributed by atoms with E-state index >= 15 is 0 Å². The monoisotopic (exact) mass is 419 g/mol. The van der Waals surface area contributed by atoms with Crippen molar-refractivity contribution in [2.24, 2.45) is 4.99 Å². The first-order valence-electron chi connectivity index (χ1n) is 6.96. The van der Waals surface area contributed by atoms with E-state index in [1.165, 1.54) is 19.1 Å². The van der Waals surface area contributed by atoms with Crippen LogP contribution in [0.5, 0.6) is 0 Å². The first-order chi connectivity index (χ1) is 8.74. The molecular weight excluding hydrogens is 389 g/mol. The first kappa shape index (κ1) is 22.2. The molecule has 0 aromatic heterocycles. The predicted molar refractivity (Wildman–Crippen MR) is 97.8 cm³/mol. The van der Waals surface area contributed by atoms with Crippen LogP contribution in [0.15, 0.2) is 4.99 Å². The van der Waals surface area contributed by atoms with E-state index in [1.54, 1.807) is 13.8 Å². The third-order valence-electron chi connectivity index (χ3n) is 3.04. The summed E-state index contributed by atoms with van der Waals surface area (Å²) in [5.74, 6) is 0.690. The molecule has 0 bridgehead atoms. The molecule has 0 saturated heterocycles. The Hall–Kier alpha value is -0.0500. The quantitative estimate of drug-likeness (QED) is 0.274. The highest BCUT2D eigenvalue weighted by Crippen LogP contribution is 2.14. The molecule has 0 heterocycles. The van der Waals surface area contributed by atoms with Gasteiger partial charge in [-0.25, -0.2) is 8.42 Å². The lowest BCUT2D eigenvalue weighted by molar-refractivity contribution is 0.554. The summed E-state index contributed by atoms with van der Waals surface area (Å²) >= 11 is 0. The van der Waals surface area contributed by atoms with E-state index in [0.717, 1.165) is 19.5 Å². The normalized spacial score (nSPS) is 12.8. The molecule has 0 aliphatic heterocycles. The van der Waals surface area contributed by atoms with Crippen LogP contribution in [0.4, 0.5) is 0 Å². The Bertz CT molecular complexity index is 381. The summed E-state index contributed by atoms with van der Waals surface area (Å²) in [6.07, 6.45) is 4.71. The van der Waals surface area contributed by atoms with Crippen LogP contribution >= 0.6 is 24.0 Å². The maximum atomic E-state index is 11.6. The fourth-order valence-electron chi connectivity index (χ4n) is 1.31. The van der Waals surface area contributed by atoms with Crippen molar-refractivity contribution in [2.45, 2.75) is 51.7 Å². The van der Waals surface area contributed by atoms with E-state index in [-0.39, 0.29) is 30.5 Å². The minimum atomic E-state index is -3.10. The fraction of sp³-hybridized carbons (Fsp3) is 0.923. The minimum Gasteiger partial charge on any atom is -0.357 e. The average molecular weight is 419 g/mol. The highest BCUT2D eigenvalue weighted by molar-refractivity contribution is 14.0. The van der Waals surface area contributed by atoms with Gasteiger partial charge in [0.05, 0.1) is 11.3 Å². The maximum absolute atomic E-state index is 11.6. The number of hydrogen-bond acceptors (Lipinski definition) is 3. The van der Waals surface area contributed by atoms with Crippen molar-refractivity contribution >= 4 is 39.8 Å². The highest BCUT2D eigenvalue weighted by atomic mass is 127. The SMILES string of the molecule is CCCCCNC(=NCC(C)(C)S(C)(=O)=O)NCC.I. The Morgan fingerprint density at radius 1 is 1.15 bits per heavy atom. The van der Waals surface area contributed by atoms with Gasteiger partial charge in [0.25, 0.3) is 0 Å². The molecular formula is C13H30IN3O2S. The Balaban J connectivity index is 0. The molecule has 0 amide bonds. The summed E-state index contributed by atoms with van der Waals surface area (Å²) in [5, 5.41) is 6.35. The molecule has 0 atom stereocenters. The number of aliphatic imine (C=N–C) groups is 1. The largest absolute Gasteiger partial charge is 0.357 e. The molecule has 0 saturated carbocycles. The fourth-order valence-corrected chi connectivity index (χ4v) is 1.61. The second-order valence-electron chi connectivity index (χ2n) is 5.36. The topological polar surface area (TPSA) is 70.6 Å². The van der Waals surface area contributed by atoms with Gasteiger partial charge >= 0.3 is 0 Å².